The van der Waals surface area contributed by atoms with Crippen molar-refractivity contribution in [2.75, 3.05) is 0 Å². The fourth-order valence-electron chi connectivity index (χ4n) is 3.46. The molecule has 0 unspecified atom stereocenters. The predicted molar refractivity (Wildman–Crippen MR) is 97.6 cm³/mol. The van der Waals surface area contributed by atoms with Gasteiger partial charge in [-0.05, 0) is 43.0 Å². The Labute approximate surface area is 147 Å². The number of nitrogens with one attached hydrogen (secondary N) is 1. The number of rotatable bonds is 5. The fraction of sp³-hybridized carbons (Fsp3) is 0.333. The SMILES string of the molecule is O=C(NC1CCCC1)c1ccc2nc(CCc3ccccc3)oc2c1. The van der Waals surface area contributed by atoms with Gasteiger partial charge in [-0.25, -0.2) is 4.98 Å². The van der Waals surface area contributed by atoms with Crippen LogP contribution in [-0.4, -0.2) is 16.9 Å². The maximum atomic E-state index is 12.4. The van der Waals surface area contributed by atoms with Gasteiger partial charge in [-0.1, -0.05) is 43.2 Å². The minimum atomic E-state index is -0.0176. The average Bonchev–Trinajstić information content (AvgIpc) is 3.29. The van der Waals surface area contributed by atoms with E-state index in [2.05, 4.69) is 22.4 Å². The molecule has 0 atom stereocenters. The van der Waals surface area contributed by atoms with Gasteiger partial charge in [0, 0.05) is 18.0 Å². The van der Waals surface area contributed by atoms with Crippen LogP contribution in [0.1, 0.15) is 47.5 Å². The number of carbonyl (C=O) groups is 1. The monoisotopic (exact) mass is 334 g/mol. The number of aryl methyl sites for hydroxylation is 2. The third-order valence-electron chi connectivity index (χ3n) is 4.86. The maximum absolute atomic E-state index is 12.4. The summed E-state index contributed by atoms with van der Waals surface area (Å²) in [6, 6.07) is 16.1. The van der Waals surface area contributed by atoms with E-state index in [1.165, 1.54) is 18.4 Å². The first-order valence-corrected chi connectivity index (χ1v) is 9.02. The summed E-state index contributed by atoms with van der Waals surface area (Å²) in [5.74, 6) is 0.697. The van der Waals surface area contributed by atoms with Gasteiger partial charge in [0.25, 0.3) is 5.91 Å². The summed E-state index contributed by atoms with van der Waals surface area (Å²) in [6.07, 6.45) is 6.22. The van der Waals surface area contributed by atoms with Crippen LogP contribution in [0, 0.1) is 0 Å². The Bertz CT molecular complexity index is 864. The minimum absolute atomic E-state index is 0.0176. The average molecular weight is 334 g/mol. The Morgan fingerprint density at radius 3 is 2.68 bits per heavy atom. The number of fused-ring (bicyclic) bond motifs is 1. The van der Waals surface area contributed by atoms with Crippen LogP contribution >= 0.6 is 0 Å². The van der Waals surface area contributed by atoms with Crippen molar-refractivity contribution >= 4 is 17.0 Å². The van der Waals surface area contributed by atoms with Crippen molar-refractivity contribution in [1.29, 1.82) is 0 Å². The lowest BCUT2D eigenvalue weighted by Crippen LogP contribution is -2.32. The van der Waals surface area contributed by atoms with E-state index in [0.717, 1.165) is 31.2 Å². The molecule has 0 saturated heterocycles. The Kier molecular flexibility index (Phi) is 4.51. The second-order valence-corrected chi connectivity index (χ2v) is 6.73. The molecule has 4 nitrogen and oxygen atoms in total. The van der Waals surface area contributed by atoms with E-state index < -0.39 is 0 Å². The van der Waals surface area contributed by atoms with E-state index in [0.29, 0.717) is 23.1 Å². The van der Waals surface area contributed by atoms with E-state index in [9.17, 15) is 4.79 Å². The summed E-state index contributed by atoms with van der Waals surface area (Å²) in [7, 11) is 0. The molecule has 1 N–H and O–H groups in total. The smallest absolute Gasteiger partial charge is 0.251 e. The van der Waals surface area contributed by atoms with Crippen LogP contribution < -0.4 is 5.32 Å². The highest BCUT2D eigenvalue weighted by Gasteiger charge is 2.18. The lowest BCUT2D eigenvalue weighted by atomic mass is 10.1. The first kappa shape index (κ1) is 15.9. The summed E-state index contributed by atoms with van der Waals surface area (Å²) < 4.78 is 5.86. The first-order valence-electron chi connectivity index (χ1n) is 9.02. The third kappa shape index (κ3) is 3.73. The molecule has 25 heavy (non-hydrogen) atoms. The minimum Gasteiger partial charge on any atom is -0.441 e. The zero-order valence-electron chi connectivity index (χ0n) is 14.2. The quantitative estimate of drug-likeness (QED) is 0.757. The van der Waals surface area contributed by atoms with Gasteiger partial charge < -0.3 is 9.73 Å². The van der Waals surface area contributed by atoms with Gasteiger partial charge in [0.2, 0.25) is 0 Å². The summed E-state index contributed by atoms with van der Waals surface area (Å²) in [4.78, 5) is 16.9. The molecular weight excluding hydrogens is 312 g/mol. The normalized spacial score (nSPS) is 14.9. The van der Waals surface area contributed by atoms with E-state index in [4.69, 9.17) is 4.42 Å². The summed E-state index contributed by atoms with van der Waals surface area (Å²) in [6.45, 7) is 0. The van der Waals surface area contributed by atoms with Crippen LogP contribution in [-0.2, 0) is 12.8 Å². The Hall–Kier alpha value is -2.62. The van der Waals surface area contributed by atoms with Crippen molar-refractivity contribution in [3.8, 4) is 0 Å². The van der Waals surface area contributed by atoms with Gasteiger partial charge in [0.05, 0.1) is 0 Å². The fourth-order valence-corrected chi connectivity index (χ4v) is 3.46. The maximum Gasteiger partial charge on any atom is 0.251 e. The first-order chi connectivity index (χ1) is 12.3. The molecule has 1 saturated carbocycles. The number of hydrogen-bond acceptors (Lipinski definition) is 3. The van der Waals surface area contributed by atoms with Gasteiger partial charge >= 0.3 is 0 Å². The van der Waals surface area contributed by atoms with Gasteiger partial charge in [-0.3, -0.25) is 4.79 Å². The van der Waals surface area contributed by atoms with Gasteiger partial charge in [0.1, 0.15) is 5.52 Å². The number of amides is 1. The van der Waals surface area contributed by atoms with Crippen LogP contribution in [0.2, 0.25) is 0 Å². The van der Waals surface area contributed by atoms with Crippen LogP contribution in [0.15, 0.2) is 52.9 Å². The lowest BCUT2D eigenvalue weighted by molar-refractivity contribution is 0.0938. The molecule has 4 rings (SSSR count). The highest BCUT2D eigenvalue weighted by Crippen LogP contribution is 2.21. The molecule has 0 radical (unpaired) electrons. The van der Waals surface area contributed by atoms with E-state index >= 15 is 0 Å². The zero-order valence-corrected chi connectivity index (χ0v) is 14.2. The molecular formula is C21H22N2O2. The van der Waals surface area contributed by atoms with Crippen molar-refractivity contribution in [2.24, 2.45) is 0 Å². The van der Waals surface area contributed by atoms with E-state index in [1.807, 2.05) is 30.3 Å². The Balaban J connectivity index is 1.46. The van der Waals surface area contributed by atoms with Crippen molar-refractivity contribution in [3.63, 3.8) is 0 Å². The van der Waals surface area contributed by atoms with Crippen LogP contribution in [0.4, 0.5) is 0 Å². The van der Waals surface area contributed by atoms with E-state index in [1.54, 1.807) is 6.07 Å². The topological polar surface area (TPSA) is 55.1 Å². The Morgan fingerprint density at radius 1 is 1.08 bits per heavy atom. The van der Waals surface area contributed by atoms with Crippen LogP contribution in [0.25, 0.3) is 11.1 Å². The Morgan fingerprint density at radius 2 is 1.88 bits per heavy atom. The highest BCUT2D eigenvalue weighted by atomic mass is 16.3. The molecule has 1 aliphatic carbocycles. The molecule has 3 aromatic rings. The van der Waals surface area contributed by atoms with Gasteiger partial charge in [0.15, 0.2) is 11.5 Å². The molecule has 1 heterocycles. The summed E-state index contributed by atoms with van der Waals surface area (Å²) in [5, 5.41) is 3.11. The number of benzene rings is 2. The molecule has 1 fully saturated rings. The van der Waals surface area contributed by atoms with E-state index in [-0.39, 0.29) is 5.91 Å². The highest BCUT2D eigenvalue weighted by molar-refractivity contribution is 5.97. The number of nitrogens with zero attached hydrogens (tertiary/aromatic N) is 1. The standard InChI is InChI=1S/C21H22N2O2/c24-21(22-17-8-4-5-9-17)16-11-12-18-19(14-16)25-20(23-18)13-10-15-6-2-1-3-7-15/h1-3,6-7,11-12,14,17H,4-5,8-10,13H2,(H,22,24). The lowest BCUT2D eigenvalue weighted by Gasteiger charge is -2.11. The number of hydrogen-bond donors (Lipinski definition) is 1. The van der Waals surface area contributed by atoms with Crippen molar-refractivity contribution in [1.82, 2.24) is 10.3 Å². The van der Waals surface area contributed by atoms with Crippen molar-refractivity contribution in [3.05, 3.63) is 65.5 Å². The predicted octanol–water partition coefficient (Wildman–Crippen LogP) is 4.29. The van der Waals surface area contributed by atoms with Crippen LogP contribution in [0.3, 0.4) is 0 Å². The largest absolute Gasteiger partial charge is 0.441 e. The van der Waals surface area contributed by atoms with Gasteiger partial charge in [-0.15, -0.1) is 0 Å². The molecule has 1 aromatic heterocycles. The third-order valence-corrected chi connectivity index (χ3v) is 4.86. The summed E-state index contributed by atoms with van der Waals surface area (Å²) in [5.41, 5.74) is 3.40. The second-order valence-electron chi connectivity index (χ2n) is 6.73. The molecule has 1 aliphatic rings. The second kappa shape index (κ2) is 7.09. The van der Waals surface area contributed by atoms with Crippen molar-refractivity contribution < 1.29 is 9.21 Å². The number of aromatic nitrogens is 1. The van der Waals surface area contributed by atoms with Crippen molar-refractivity contribution in [2.45, 2.75) is 44.6 Å². The molecule has 128 valence electrons. The molecule has 4 heteroatoms. The number of oxazole rings is 1. The molecule has 0 spiro atoms. The molecule has 1 amide bonds. The number of carbonyl (C=O) groups excluding carboxylic acids is 1. The van der Waals surface area contributed by atoms with Gasteiger partial charge in [-0.2, -0.15) is 0 Å². The molecule has 0 bridgehead atoms. The summed E-state index contributed by atoms with van der Waals surface area (Å²) >= 11 is 0. The zero-order chi connectivity index (χ0) is 17.1. The molecule has 2 aromatic carbocycles. The van der Waals surface area contributed by atoms with Crippen LogP contribution in [0.5, 0.6) is 0 Å². The molecule has 0 aliphatic heterocycles.